The van der Waals surface area contributed by atoms with E-state index in [0.717, 1.165) is 0 Å². The Labute approximate surface area is 66.4 Å². The maximum absolute atomic E-state index is 11.8. The molecule has 12 heavy (non-hydrogen) atoms. The summed E-state index contributed by atoms with van der Waals surface area (Å²) in [5, 5.41) is 10.2. The van der Waals surface area contributed by atoms with Crippen molar-refractivity contribution in [2.24, 2.45) is 11.7 Å². The number of alkyl halides is 3. The van der Waals surface area contributed by atoms with Gasteiger partial charge in [0.1, 0.15) is 0 Å². The molecule has 70 valence electrons. The number of rotatable bonds is 1. The molecule has 0 saturated heterocycles. The van der Waals surface area contributed by atoms with Crippen LogP contribution in [-0.4, -0.2) is 17.7 Å². The van der Waals surface area contributed by atoms with Crippen LogP contribution in [0.25, 0.3) is 0 Å². The van der Waals surface area contributed by atoms with E-state index in [1.807, 2.05) is 0 Å². The second-order valence-electron chi connectivity index (χ2n) is 3.09. The van der Waals surface area contributed by atoms with Crippen LogP contribution in [0.1, 0.15) is 12.8 Å². The number of aliphatic carboxylic acids is 1. The van der Waals surface area contributed by atoms with Crippen molar-refractivity contribution in [2.75, 3.05) is 0 Å². The average Bonchev–Trinajstić information content (AvgIpc) is 1.77. The highest BCUT2D eigenvalue weighted by molar-refractivity contribution is 5.77. The Morgan fingerprint density at radius 1 is 1.50 bits per heavy atom. The Balaban J connectivity index is 2.53. The minimum atomic E-state index is -4.34. The van der Waals surface area contributed by atoms with Crippen molar-refractivity contribution < 1.29 is 23.1 Å². The second-order valence-corrected chi connectivity index (χ2v) is 3.09. The number of carbonyl (C=O) groups excluding carboxylic acids is 1. The van der Waals surface area contributed by atoms with Crippen molar-refractivity contribution in [3.8, 4) is 0 Å². The van der Waals surface area contributed by atoms with E-state index in [-0.39, 0.29) is 0 Å². The lowest BCUT2D eigenvalue weighted by Crippen LogP contribution is -2.65. The number of hydrogen-bond donors (Lipinski definition) is 1. The molecule has 0 aromatic carbocycles. The van der Waals surface area contributed by atoms with Crippen LogP contribution in [0.5, 0.6) is 0 Å². The molecule has 0 aromatic heterocycles. The maximum Gasteiger partial charge on any atom is 0.391 e. The normalized spacial score (nSPS) is 35.8. The first-order valence-corrected chi connectivity index (χ1v) is 3.33. The predicted molar refractivity (Wildman–Crippen MR) is 30.7 cm³/mol. The molecule has 1 saturated carbocycles. The SMILES string of the molecule is NC1(C(=O)[O-])CC(C(F)(F)F)C1. The van der Waals surface area contributed by atoms with Crippen molar-refractivity contribution in [3.05, 3.63) is 0 Å². The van der Waals surface area contributed by atoms with Crippen LogP contribution < -0.4 is 10.8 Å². The van der Waals surface area contributed by atoms with Gasteiger partial charge in [-0.25, -0.2) is 0 Å². The lowest BCUT2D eigenvalue weighted by atomic mass is 9.68. The van der Waals surface area contributed by atoms with Gasteiger partial charge in [0.15, 0.2) is 0 Å². The van der Waals surface area contributed by atoms with Gasteiger partial charge in [-0.05, 0) is 12.8 Å². The number of nitrogens with two attached hydrogens (primary N) is 1. The van der Waals surface area contributed by atoms with Gasteiger partial charge in [-0.2, -0.15) is 13.2 Å². The summed E-state index contributed by atoms with van der Waals surface area (Å²) in [5.41, 5.74) is 3.31. The third kappa shape index (κ3) is 1.38. The van der Waals surface area contributed by atoms with Crippen LogP contribution in [-0.2, 0) is 4.79 Å². The molecule has 1 rings (SSSR count). The average molecular weight is 182 g/mol. The molecule has 1 aliphatic carbocycles. The zero-order valence-electron chi connectivity index (χ0n) is 6.02. The molecule has 0 aromatic rings. The molecular weight excluding hydrogens is 175 g/mol. The molecule has 0 radical (unpaired) electrons. The quantitative estimate of drug-likeness (QED) is 0.589. The first-order valence-electron chi connectivity index (χ1n) is 3.33. The molecule has 0 aliphatic heterocycles. The van der Waals surface area contributed by atoms with Gasteiger partial charge in [-0.3, -0.25) is 0 Å². The van der Waals surface area contributed by atoms with Crippen LogP contribution >= 0.6 is 0 Å². The lowest BCUT2D eigenvalue weighted by molar-refractivity contribution is -0.322. The molecule has 6 heteroatoms. The molecule has 3 nitrogen and oxygen atoms in total. The summed E-state index contributed by atoms with van der Waals surface area (Å²) in [4.78, 5) is 10.2. The monoisotopic (exact) mass is 182 g/mol. The zero-order valence-corrected chi connectivity index (χ0v) is 6.02. The Hall–Kier alpha value is -0.780. The van der Waals surface area contributed by atoms with Crippen LogP contribution in [0.3, 0.4) is 0 Å². The number of carbonyl (C=O) groups is 1. The topological polar surface area (TPSA) is 66.2 Å². The van der Waals surface area contributed by atoms with Crippen molar-refractivity contribution in [1.29, 1.82) is 0 Å². The zero-order chi connectivity index (χ0) is 9.57. The summed E-state index contributed by atoms with van der Waals surface area (Å²) in [6.07, 6.45) is -5.48. The van der Waals surface area contributed by atoms with Gasteiger partial charge in [0, 0.05) is 0 Å². The number of carboxylic acid groups (broad SMARTS) is 1. The van der Waals surface area contributed by atoms with Crippen LogP contribution in [0.2, 0.25) is 0 Å². The summed E-state index contributed by atoms with van der Waals surface area (Å²) in [7, 11) is 0. The molecule has 0 heterocycles. The van der Waals surface area contributed by atoms with Gasteiger partial charge in [0.05, 0.1) is 17.4 Å². The van der Waals surface area contributed by atoms with E-state index < -0.39 is 36.4 Å². The largest absolute Gasteiger partial charge is 0.548 e. The van der Waals surface area contributed by atoms with E-state index in [9.17, 15) is 23.1 Å². The molecule has 0 atom stereocenters. The van der Waals surface area contributed by atoms with Gasteiger partial charge in [-0.15, -0.1) is 0 Å². The second kappa shape index (κ2) is 2.35. The molecule has 1 fully saturated rings. The molecule has 0 amide bonds. The lowest BCUT2D eigenvalue weighted by Gasteiger charge is -2.45. The highest BCUT2D eigenvalue weighted by atomic mass is 19.4. The highest BCUT2D eigenvalue weighted by Gasteiger charge is 2.54. The first-order chi connectivity index (χ1) is 5.26. The summed E-state index contributed by atoms with van der Waals surface area (Å²) >= 11 is 0. The Morgan fingerprint density at radius 2 is 1.92 bits per heavy atom. The third-order valence-electron chi connectivity index (χ3n) is 2.09. The van der Waals surface area contributed by atoms with E-state index >= 15 is 0 Å². The van der Waals surface area contributed by atoms with Crippen molar-refractivity contribution in [2.45, 2.75) is 24.6 Å². The van der Waals surface area contributed by atoms with E-state index in [0.29, 0.717) is 0 Å². The van der Waals surface area contributed by atoms with Gasteiger partial charge in [0.2, 0.25) is 0 Å². The predicted octanol–water partition coefficient (Wildman–Crippen LogP) is -0.594. The Bertz CT molecular complexity index is 207. The van der Waals surface area contributed by atoms with Crippen molar-refractivity contribution >= 4 is 5.97 Å². The van der Waals surface area contributed by atoms with E-state index in [1.165, 1.54) is 0 Å². The highest BCUT2D eigenvalue weighted by Crippen LogP contribution is 2.45. The van der Waals surface area contributed by atoms with Crippen LogP contribution in [0.15, 0.2) is 0 Å². The van der Waals surface area contributed by atoms with Gasteiger partial charge in [-0.1, -0.05) is 0 Å². The molecule has 1 aliphatic rings. The fourth-order valence-corrected chi connectivity index (χ4v) is 1.22. The summed E-state index contributed by atoms with van der Waals surface area (Å²) in [6.45, 7) is 0. The summed E-state index contributed by atoms with van der Waals surface area (Å²) in [6, 6.07) is 0. The number of hydrogen-bond acceptors (Lipinski definition) is 3. The molecule has 2 N–H and O–H groups in total. The van der Waals surface area contributed by atoms with Gasteiger partial charge in [0.25, 0.3) is 0 Å². The van der Waals surface area contributed by atoms with Crippen molar-refractivity contribution in [3.63, 3.8) is 0 Å². The summed E-state index contributed by atoms with van der Waals surface area (Å²) in [5.74, 6) is -3.19. The smallest absolute Gasteiger partial charge is 0.391 e. The van der Waals surface area contributed by atoms with Crippen LogP contribution in [0, 0.1) is 5.92 Å². The Morgan fingerprint density at radius 3 is 2.17 bits per heavy atom. The molecule has 0 unspecified atom stereocenters. The van der Waals surface area contributed by atoms with Gasteiger partial charge >= 0.3 is 6.18 Å². The minimum Gasteiger partial charge on any atom is -0.548 e. The molecular formula is C6H7F3NO2-. The van der Waals surface area contributed by atoms with E-state index in [4.69, 9.17) is 5.73 Å². The van der Waals surface area contributed by atoms with Crippen molar-refractivity contribution in [1.82, 2.24) is 0 Å². The fourth-order valence-electron chi connectivity index (χ4n) is 1.22. The molecule has 0 bridgehead atoms. The van der Waals surface area contributed by atoms with E-state index in [2.05, 4.69) is 0 Å². The maximum atomic E-state index is 11.8. The summed E-state index contributed by atoms with van der Waals surface area (Å²) < 4.78 is 35.5. The minimum absolute atomic E-state index is 0.571. The Kier molecular flexibility index (Phi) is 1.82. The first kappa shape index (κ1) is 9.31. The third-order valence-corrected chi connectivity index (χ3v) is 2.09. The molecule has 0 spiro atoms. The van der Waals surface area contributed by atoms with Gasteiger partial charge < -0.3 is 15.6 Å². The standard InChI is InChI=1S/C6H8F3NO2/c7-6(8,9)3-1-5(10,2-3)4(11)12/h3H,1-2,10H2,(H,11,12)/p-1. The van der Waals surface area contributed by atoms with E-state index in [1.54, 1.807) is 0 Å². The van der Waals surface area contributed by atoms with Crippen LogP contribution in [0.4, 0.5) is 13.2 Å². The fraction of sp³-hybridized carbons (Fsp3) is 0.833. The number of carboxylic acids is 1. The number of halogens is 3.